The predicted molar refractivity (Wildman–Crippen MR) is 95.5 cm³/mol. The van der Waals surface area contributed by atoms with Crippen LogP contribution in [0.25, 0.3) is 21.8 Å². The Balaban J connectivity index is 1.65. The monoisotopic (exact) mass is 333 g/mol. The normalized spacial score (nSPS) is 11.1. The number of fused-ring (bicyclic) bond motifs is 3. The molecule has 0 saturated heterocycles. The van der Waals surface area contributed by atoms with E-state index in [0.717, 1.165) is 26.7 Å². The fourth-order valence-electron chi connectivity index (χ4n) is 2.82. The van der Waals surface area contributed by atoms with Crippen LogP contribution in [0.15, 0.2) is 53.5 Å². The van der Waals surface area contributed by atoms with Crippen LogP contribution in [0.2, 0.25) is 0 Å². The van der Waals surface area contributed by atoms with Gasteiger partial charge in [-0.2, -0.15) is 5.10 Å². The Morgan fingerprint density at radius 1 is 1.16 bits per heavy atom. The molecule has 7 nitrogen and oxygen atoms in total. The van der Waals surface area contributed by atoms with Crippen LogP contribution in [0, 0.1) is 6.92 Å². The summed E-state index contributed by atoms with van der Waals surface area (Å²) >= 11 is 0. The number of carbonyl (C=O) groups excluding carboxylic acids is 1. The van der Waals surface area contributed by atoms with Crippen molar-refractivity contribution in [2.45, 2.75) is 13.5 Å². The Hall–Kier alpha value is -3.48. The lowest BCUT2D eigenvalue weighted by molar-refractivity contribution is -0.117. The molecule has 3 aromatic heterocycles. The van der Waals surface area contributed by atoms with Crippen molar-refractivity contribution in [3.8, 4) is 0 Å². The van der Waals surface area contributed by atoms with Crippen molar-refractivity contribution in [3.63, 3.8) is 0 Å². The summed E-state index contributed by atoms with van der Waals surface area (Å²) in [5.74, 6) is 0.0906. The van der Waals surface area contributed by atoms with Crippen LogP contribution in [0.3, 0.4) is 0 Å². The number of rotatable bonds is 3. The Morgan fingerprint density at radius 2 is 2.00 bits per heavy atom. The second-order valence-electron chi connectivity index (χ2n) is 5.78. The minimum absolute atomic E-state index is 0.181. The number of H-pyrrole nitrogens is 1. The van der Waals surface area contributed by atoms with Gasteiger partial charge in [0, 0.05) is 22.0 Å². The van der Waals surface area contributed by atoms with Crippen LogP contribution >= 0.6 is 0 Å². The number of aromatic amines is 1. The molecule has 0 spiro atoms. The fraction of sp³-hybridized carbons (Fsp3) is 0.111. The standard InChI is InChI=1S/C18H15N5O2/c1-11-5-4-8-15(20-11)22-16(24)10-23-18(25)17-13(9-19-23)12-6-2-3-7-14(12)21-17/h2-9,21H,10H2,1H3,(H,20,22,24). The molecular formula is C18H15N5O2. The Morgan fingerprint density at radius 3 is 2.84 bits per heavy atom. The van der Waals surface area contributed by atoms with Crippen molar-refractivity contribution in [2.24, 2.45) is 0 Å². The molecule has 0 radical (unpaired) electrons. The van der Waals surface area contributed by atoms with Gasteiger partial charge in [0.1, 0.15) is 17.9 Å². The van der Waals surface area contributed by atoms with Crippen molar-refractivity contribution in [3.05, 3.63) is 64.7 Å². The number of carbonyl (C=O) groups is 1. The van der Waals surface area contributed by atoms with Crippen LogP contribution in [0.5, 0.6) is 0 Å². The Labute approximate surface area is 142 Å². The average molecular weight is 333 g/mol. The smallest absolute Gasteiger partial charge is 0.291 e. The number of aryl methyl sites for hydroxylation is 1. The van der Waals surface area contributed by atoms with Crippen molar-refractivity contribution >= 4 is 33.5 Å². The van der Waals surface area contributed by atoms with E-state index in [1.807, 2.05) is 37.3 Å². The summed E-state index contributed by atoms with van der Waals surface area (Å²) < 4.78 is 1.14. The number of amides is 1. The number of pyridine rings is 1. The van der Waals surface area contributed by atoms with Gasteiger partial charge in [-0.1, -0.05) is 24.3 Å². The number of aromatic nitrogens is 4. The number of benzene rings is 1. The van der Waals surface area contributed by atoms with Crippen molar-refractivity contribution in [1.82, 2.24) is 19.7 Å². The Kier molecular flexibility index (Phi) is 3.53. The topological polar surface area (TPSA) is 92.7 Å². The average Bonchev–Trinajstić information content (AvgIpc) is 2.97. The predicted octanol–water partition coefficient (Wildman–Crippen LogP) is 2.22. The highest BCUT2D eigenvalue weighted by molar-refractivity contribution is 6.06. The van der Waals surface area contributed by atoms with E-state index in [1.54, 1.807) is 18.3 Å². The van der Waals surface area contributed by atoms with E-state index in [0.29, 0.717) is 11.3 Å². The zero-order valence-corrected chi connectivity index (χ0v) is 13.5. The zero-order chi connectivity index (χ0) is 17.4. The summed E-state index contributed by atoms with van der Waals surface area (Å²) in [6.07, 6.45) is 1.60. The first-order chi connectivity index (χ1) is 12.1. The van der Waals surface area contributed by atoms with Gasteiger partial charge >= 0.3 is 0 Å². The van der Waals surface area contributed by atoms with Crippen molar-refractivity contribution in [1.29, 1.82) is 0 Å². The summed E-state index contributed by atoms with van der Waals surface area (Å²) in [6, 6.07) is 13.0. The van der Waals surface area contributed by atoms with Gasteiger partial charge in [0.2, 0.25) is 5.91 Å². The van der Waals surface area contributed by atoms with Crippen molar-refractivity contribution < 1.29 is 4.79 Å². The van der Waals surface area contributed by atoms with E-state index in [4.69, 9.17) is 0 Å². The van der Waals surface area contributed by atoms with Gasteiger partial charge in [0.25, 0.3) is 5.56 Å². The molecule has 0 atom stereocenters. The molecule has 0 fully saturated rings. The van der Waals surface area contributed by atoms with Gasteiger partial charge in [-0.15, -0.1) is 0 Å². The van der Waals surface area contributed by atoms with E-state index in [9.17, 15) is 9.59 Å². The van der Waals surface area contributed by atoms with Gasteiger partial charge in [-0.05, 0) is 25.1 Å². The number of nitrogens with zero attached hydrogens (tertiary/aromatic N) is 3. The van der Waals surface area contributed by atoms with E-state index in [1.165, 1.54) is 0 Å². The maximum absolute atomic E-state index is 12.6. The maximum atomic E-state index is 12.6. The number of hydrogen-bond acceptors (Lipinski definition) is 4. The molecule has 2 N–H and O–H groups in total. The highest BCUT2D eigenvalue weighted by atomic mass is 16.2. The van der Waals surface area contributed by atoms with Gasteiger partial charge in [0.15, 0.2) is 0 Å². The van der Waals surface area contributed by atoms with Crippen LogP contribution in [-0.4, -0.2) is 25.7 Å². The molecule has 0 unspecified atom stereocenters. The SMILES string of the molecule is Cc1cccc(NC(=O)Cn2ncc3c([nH]c4ccccc43)c2=O)n1. The minimum Gasteiger partial charge on any atom is -0.350 e. The molecule has 4 aromatic rings. The molecule has 0 aliphatic rings. The number of anilines is 1. The summed E-state index contributed by atoms with van der Waals surface area (Å²) in [7, 11) is 0. The first-order valence-corrected chi connectivity index (χ1v) is 7.82. The number of hydrogen-bond donors (Lipinski definition) is 2. The molecule has 0 bridgehead atoms. The largest absolute Gasteiger partial charge is 0.350 e. The highest BCUT2D eigenvalue weighted by Crippen LogP contribution is 2.21. The summed E-state index contributed by atoms with van der Waals surface area (Å²) in [4.78, 5) is 32.1. The van der Waals surface area contributed by atoms with Gasteiger partial charge in [0.05, 0.1) is 6.20 Å². The summed E-state index contributed by atoms with van der Waals surface area (Å²) in [5, 5.41) is 8.48. The first kappa shape index (κ1) is 15.1. The van der Waals surface area contributed by atoms with Gasteiger partial charge < -0.3 is 10.3 Å². The van der Waals surface area contributed by atoms with E-state index < -0.39 is 0 Å². The fourth-order valence-corrected chi connectivity index (χ4v) is 2.82. The van der Waals surface area contributed by atoms with Crippen molar-refractivity contribution in [2.75, 3.05) is 5.32 Å². The maximum Gasteiger partial charge on any atom is 0.291 e. The molecule has 1 amide bonds. The van der Waals surface area contributed by atoms with Crippen LogP contribution in [-0.2, 0) is 11.3 Å². The molecule has 0 aliphatic heterocycles. The molecule has 124 valence electrons. The molecule has 4 rings (SSSR count). The van der Waals surface area contributed by atoms with Crippen LogP contribution in [0.4, 0.5) is 5.82 Å². The van der Waals surface area contributed by atoms with E-state index >= 15 is 0 Å². The molecule has 1 aromatic carbocycles. The lowest BCUT2D eigenvalue weighted by atomic mass is 10.2. The molecule has 3 heterocycles. The number of nitrogens with one attached hydrogen (secondary N) is 2. The second-order valence-corrected chi connectivity index (χ2v) is 5.78. The third kappa shape index (κ3) is 2.76. The van der Waals surface area contributed by atoms with E-state index in [-0.39, 0.29) is 18.0 Å². The lowest BCUT2D eigenvalue weighted by Gasteiger charge is -2.06. The quantitative estimate of drug-likeness (QED) is 0.601. The minimum atomic E-state index is -0.358. The zero-order valence-electron chi connectivity index (χ0n) is 13.5. The Bertz CT molecular complexity index is 1160. The molecule has 0 aliphatic carbocycles. The highest BCUT2D eigenvalue weighted by Gasteiger charge is 2.12. The molecule has 7 heteroatoms. The first-order valence-electron chi connectivity index (χ1n) is 7.82. The number of para-hydroxylation sites is 1. The van der Waals surface area contributed by atoms with E-state index in [2.05, 4.69) is 20.4 Å². The second kappa shape index (κ2) is 5.86. The van der Waals surface area contributed by atoms with Crippen LogP contribution in [0.1, 0.15) is 5.69 Å². The lowest BCUT2D eigenvalue weighted by Crippen LogP contribution is -2.29. The third-order valence-electron chi connectivity index (χ3n) is 3.97. The molecule has 0 saturated carbocycles. The van der Waals surface area contributed by atoms with Gasteiger partial charge in [-0.25, -0.2) is 9.67 Å². The van der Waals surface area contributed by atoms with Crippen LogP contribution < -0.4 is 10.9 Å². The summed E-state index contributed by atoms with van der Waals surface area (Å²) in [6.45, 7) is 1.66. The molecule has 25 heavy (non-hydrogen) atoms. The third-order valence-corrected chi connectivity index (χ3v) is 3.97. The molecular weight excluding hydrogens is 318 g/mol. The summed E-state index contributed by atoms with van der Waals surface area (Å²) in [5.41, 5.74) is 1.77. The van der Waals surface area contributed by atoms with Gasteiger partial charge in [-0.3, -0.25) is 9.59 Å².